The van der Waals surface area contributed by atoms with E-state index < -0.39 is 0 Å². The number of hydrogen-bond donors (Lipinski definition) is 0. The van der Waals surface area contributed by atoms with Crippen LogP contribution >= 0.6 is 0 Å². The Morgan fingerprint density at radius 3 is 2.62 bits per heavy atom. The summed E-state index contributed by atoms with van der Waals surface area (Å²) in [5, 5.41) is 0. The molecule has 92 valence electrons. The fourth-order valence-electron chi connectivity index (χ4n) is 3.09. The van der Waals surface area contributed by atoms with Gasteiger partial charge in [-0.3, -0.25) is 4.79 Å². The molecule has 2 saturated heterocycles. The topological polar surface area (TPSA) is 35.5 Å². The number of carbonyl (C=O) groups excluding carboxylic acids is 1. The standard InChI is InChI=1S/C13H22O3/c1-5-11(14)15-10-8-9-6-7-13(10,4)16-12(9,2)3/h9-10H,5-8H2,1-4H3/t9-,10+,13+/m0/s1. The average molecular weight is 226 g/mol. The van der Waals surface area contributed by atoms with Crippen LogP contribution in [0.15, 0.2) is 0 Å². The first-order valence-electron chi connectivity index (χ1n) is 6.27. The van der Waals surface area contributed by atoms with E-state index in [-0.39, 0.29) is 23.3 Å². The highest BCUT2D eigenvalue weighted by molar-refractivity contribution is 5.69. The third-order valence-electron chi connectivity index (χ3n) is 4.21. The zero-order chi connectivity index (χ0) is 12.0. The van der Waals surface area contributed by atoms with Crippen LogP contribution in [0.25, 0.3) is 0 Å². The van der Waals surface area contributed by atoms with Gasteiger partial charge in [0, 0.05) is 6.42 Å². The maximum absolute atomic E-state index is 11.4. The van der Waals surface area contributed by atoms with E-state index in [4.69, 9.17) is 9.47 Å². The van der Waals surface area contributed by atoms with Crippen molar-refractivity contribution in [3.8, 4) is 0 Å². The predicted molar refractivity (Wildman–Crippen MR) is 61.1 cm³/mol. The van der Waals surface area contributed by atoms with E-state index in [1.54, 1.807) is 0 Å². The van der Waals surface area contributed by atoms with Crippen LogP contribution in [-0.4, -0.2) is 23.3 Å². The molecule has 3 atom stereocenters. The van der Waals surface area contributed by atoms with Crippen LogP contribution in [0, 0.1) is 5.92 Å². The summed E-state index contributed by atoms with van der Waals surface area (Å²) >= 11 is 0. The Kier molecular flexibility index (Phi) is 2.77. The first-order chi connectivity index (χ1) is 7.37. The van der Waals surface area contributed by atoms with E-state index in [1.165, 1.54) is 6.42 Å². The number of hydrogen-bond acceptors (Lipinski definition) is 3. The van der Waals surface area contributed by atoms with Gasteiger partial charge in [-0.1, -0.05) is 6.92 Å². The Bertz CT molecular complexity index is 298. The lowest BCUT2D eigenvalue weighted by molar-refractivity contribution is -0.278. The average Bonchev–Trinajstić information content (AvgIpc) is 2.18. The highest BCUT2D eigenvalue weighted by atomic mass is 16.6. The lowest BCUT2D eigenvalue weighted by Gasteiger charge is -2.56. The second kappa shape index (κ2) is 3.73. The van der Waals surface area contributed by atoms with Crippen molar-refractivity contribution in [1.82, 2.24) is 0 Å². The zero-order valence-electron chi connectivity index (χ0n) is 10.7. The van der Waals surface area contributed by atoms with Gasteiger partial charge in [0.25, 0.3) is 0 Å². The van der Waals surface area contributed by atoms with Gasteiger partial charge in [0.15, 0.2) is 0 Å². The summed E-state index contributed by atoms with van der Waals surface area (Å²) in [6, 6.07) is 0. The van der Waals surface area contributed by atoms with Crippen LogP contribution in [0.5, 0.6) is 0 Å². The fraction of sp³-hybridized carbons (Fsp3) is 0.923. The number of ether oxygens (including phenoxy) is 2. The zero-order valence-corrected chi connectivity index (χ0v) is 10.7. The highest BCUT2D eigenvalue weighted by Crippen LogP contribution is 2.50. The Hall–Kier alpha value is -0.570. The molecule has 0 aromatic heterocycles. The predicted octanol–water partition coefficient (Wildman–Crippen LogP) is 2.68. The molecule has 3 heteroatoms. The molecule has 1 saturated carbocycles. The first-order valence-corrected chi connectivity index (χ1v) is 6.27. The summed E-state index contributed by atoms with van der Waals surface area (Å²) < 4.78 is 11.6. The van der Waals surface area contributed by atoms with E-state index >= 15 is 0 Å². The quantitative estimate of drug-likeness (QED) is 0.679. The molecule has 3 rings (SSSR count). The van der Waals surface area contributed by atoms with Crippen molar-refractivity contribution in [3.63, 3.8) is 0 Å². The summed E-state index contributed by atoms with van der Waals surface area (Å²) in [5.74, 6) is 0.407. The lowest BCUT2D eigenvalue weighted by Crippen LogP contribution is -2.62. The van der Waals surface area contributed by atoms with E-state index in [0.717, 1.165) is 12.8 Å². The third kappa shape index (κ3) is 1.86. The maximum atomic E-state index is 11.4. The van der Waals surface area contributed by atoms with E-state index in [1.807, 2.05) is 6.92 Å². The van der Waals surface area contributed by atoms with Gasteiger partial charge < -0.3 is 9.47 Å². The molecule has 3 nitrogen and oxygen atoms in total. The Morgan fingerprint density at radius 1 is 1.44 bits per heavy atom. The van der Waals surface area contributed by atoms with E-state index in [9.17, 15) is 4.79 Å². The largest absolute Gasteiger partial charge is 0.459 e. The SMILES string of the molecule is CCC(=O)O[C@@H]1C[C@@H]2CC[C@@]1(C)OC2(C)C. The molecule has 16 heavy (non-hydrogen) atoms. The Labute approximate surface area is 97.5 Å². The van der Waals surface area contributed by atoms with Crippen LogP contribution in [0.2, 0.25) is 0 Å². The molecule has 0 aromatic rings. The minimum Gasteiger partial charge on any atom is -0.459 e. The normalized spacial score (nSPS) is 40.8. The Morgan fingerprint density at radius 2 is 2.12 bits per heavy atom. The molecule has 0 unspecified atom stereocenters. The molecule has 0 aromatic carbocycles. The molecule has 2 bridgehead atoms. The van der Waals surface area contributed by atoms with E-state index in [2.05, 4.69) is 20.8 Å². The highest BCUT2D eigenvalue weighted by Gasteiger charge is 2.55. The second-order valence-electron chi connectivity index (χ2n) is 5.82. The van der Waals surface area contributed by atoms with Gasteiger partial charge in [0.1, 0.15) is 11.7 Å². The number of carbonyl (C=O) groups is 1. The van der Waals surface area contributed by atoms with Crippen LogP contribution < -0.4 is 0 Å². The molecule has 2 heterocycles. The second-order valence-corrected chi connectivity index (χ2v) is 5.82. The van der Waals surface area contributed by atoms with Crippen LogP contribution in [0.3, 0.4) is 0 Å². The van der Waals surface area contributed by atoms with Gasteiger partial charge in [0.2, 0.25) is 0 Å². The summed E-state index contributed by atoms with van der Waals surface area (Å²) in [4.78, 5) is 11.4. The summed E-state index contributed by atoms with van der Waals surface area (Å²) in [6.45, 7) is 8.20. The number of rotatable bonds is 2. The smallest absolute Gasteiger partial charge is 0.305 e. The minimum atomic E-state index is -0.275. The molecule has 1 aliphatic carbocycles. The van der Waals surface area contributed by atoms with Gasteiger partial charge in [0.05, 0.1) is 5.60 Å². The lowest BCUT2D eigenvalue weighted by atomic mass is 9.67. The van der Waals surface area contributed by atoms with Gasteiger partial charge in [-0.05, 0) is 46.0 Å². The monoisotopic (exact) mass is 226 g/mol. The molecular formula is C13H22O3. The molecule has 0 spiro atoms. The number of fused-ring (bicyclic) bond motifs is 3. The number of esters is 1. The molecule has 3 aliphatic rings. The molecular weight excluding hydrogens is 204 g/mol. The van der Waals surface area contributed by atoms with Gasteiger partial charge in [-0.25, -0.2) is 0 Å². The maximum Gasteiger partial charge on any atom is 0.305 e. The minimum absolute atomic E-state index is 0.0493. The van der Waals surface area contributed by atoms with Crippen LogP contribution in [0.4, 0.5) is 0 Å². The molecule has 0 N–H and O–H groups in total. The third-order valence-corrected chi connectivity index (χ3v) is 4.21. The summed E-state index contributed by atoms with van der Waals surface area (Å²) in [6.07, 6.45) is 3.54. The summed E-state index contributed by atoms with van der Waals surface area (Å²) in [5.41, 5.74) is -0.342. The fourth-order valence-corrected chi connectivity index (χ4v) is 3.09. The summed E-state index contributed by atoms with van der Waals surface area (Å²) in [7, 11) is 0. The van der Waals surface area contributed by atoms with Crippen LogP contribution in [0.1, 0.15) is 53.4 Å². The van der Waals surface area contributed by atoms with E-state index in [0.29, 0.717) is 12.3 Å². The molecule has 2 aliphatic heterocycles. The molecule has 0 radical (unpaired) electrons. The van der Waals surface area contributed by atoms with Crippen LogP contribution in [-0.2, 0) is 14.3 Å². The Balaban J connectivity index is 2.11. The van der Waals surface area contributed by atoms with Crippen molar-refractivity contribution in [2.45, 2.75) is 70.7 Å². The van der Waals surface area contributed by atoms with Crippen molar-refractivity contribution < 1.29 is 14.3 Å². The van der Waals surface area contributed by atoms with Crippen molar-refractivity contribution in [2.24, 2.45) is 5.92 Å². The molecule has 3 fully saturated rings. The van der Waals surface area contributed by atoms with Crippen molar-refractivity contribution >= 4 is 5.97 Å². The van der Waals surface area contributed by atoms with Crippen molar-refractivity contribution in [1.29, 1.82) is 0 Å². The van der Waals surface area contributed by atoms with Gasteiger partial charge in [-0.15, -0.1) is 0 Å². The first kappa shape index (κ1) is 11.9. The van der Waals surface area contributed by atoms with Gasteiger partial charge in [-0.2, -0.15) is 0 Å². The van der Waals surface area contributed by atoms with Crippen molar-refractivity contribution in [3.05, 3.63) is 0 Å². The van der Waals surface area contributed by atoms with Gasteiger partial charge >= 0.3 is 5.97 Å². The molecule has 0 amide bonds. The van der Waals surface area contributed by atoms with Crippen molar-refractivity contribution in [2.75, 3.05) is 0 Å².